The van der Waals surface area contributed by atoms with E-state index >= 15 is 0 Å². The molecule has 0 spiro atoms. The van der Waals surface area contributed by atoms with E-state index in [1.807, 2.05) is 6.07 Å². The summed E-state index contributed by atoms with van der Waals surface area (Å²) in [5.74, 6) is -1.64. The number of benzene rings is 2. The van der Waals surface area contributed by atoms with Crippen LogP contribution in [0.15, 0.2) is 48.8 Å². The normalized spacial score (nSPS) is 24.9. The predicted molar refractivity (Wildman–Crippen MR) is 125 cm³/mol. The molecular formula is C27H20F4N4O. The molecule has 36 heavy (non-hydrogen) atoms. The molecule has 2 aromatic heterocycles. The van der Waals surface area contributed by atoms with Crippen LogP contribution in [0.5, 0.6) is 0 Å². The first-order valence-corrected chi connectivity index (χ1v) is 11.5. The SMILES string of the molecule is N#Cc1cc(F)cc2c1[C@@H](c1ccc(-c3cnc4c(N)cccn34)c3c1C[C@@H](F)[C@H]3O)C[C@H](F)[C@@H]2F. The van der Waals surface area contributed by atoms with Gasteiger partial charge in [0.05, 0.1) is 29.2 Å². The van der Waals surface area contributed by atoms with Gasteiger partial charge < -0.3 is 10.8 Å². The van der Waals surface area contributed by atoms with Crippen LogP contribution in [0.3, 0.4) is 0 Å². The smallest absolute Gasteiger partial charge is 0.160 e. The monoisotopic (exact) mass is 492 g/mol. The highest BCUT2D eigenvalue weighted by molar-refractivity contribution is 5.75. The number of pyridine rings is 1. The average Bonchev–Trinajstić information content (AvgIpc) is 3.42. The molecular weight excluding hydrogens is 472 g/mol. The number of nitrogens with two attached hydrogens (primary N) is 1. The molecule has 5 nitrogen and oxygen atoms in total. The summed E-state index contributed by atoms with van der Waals surface area (Å²) < 4.78 is 60.5. The van der Waals surface area contributed by atoms with E-state index in [1.54, 1.807) is 41.1 Å². The fraction of sp³-hybridized carbons (Fsp3) is 0.259. The van der Waals surface area contributed by atoms with Crippen LogP contribution in [0.4, 0.5) is 23.2 Å². The van der Waals surface area contributed by atoms with Crippen molar-refractivity contribution >= 4 is 11.3 Å². The van der Waals surface area contributed by atoms with Gasteiger partial charge in [0.1, 0.15) is 24.3 Å². The zero-order chi connectivity index (χ0) is 25.3. The molecule has 2 heterocycles. The fourth-order valence-corrected chi connectivity index (χ4v) is 5.80. The Bertz CT molecular complexity index is 1580. The summed E-state index contributed by atoms with van der Waals surface area (Å²) in [4.78, 5) is 4.36. The molecule has 9 heteroatoms. The Morgan fingerprint density at radius 2 is 1.89 bits per heavy atom. The number of hydrogen-bond acceptors (Lipinski definition) is 4. The summed E-state index contributed by atoms with van der Waals surface area (Å²) >= 11 is 0. The van der Waals surface area contributed by atoms with Gasteiger partial charge in [0.2, 0.25) is 0 Å². The Morgan fingerprint density at radius 1 is 1.08 bits per heavy atom. The molecule has 5 atom stereocenters. The highest BCUT2D eigenvalue weighted by atomic mass is 19.2. The van der Waals surface area contributed by atoms with E-state index in [9.17, 15) is 27.9 Å². The predicted octanol–water partition coefficient (Wildman–Crippen LogP) is 5.41. The number of rotatable bonds is 2. The Hall–Kier alpha value is -3.90. The number of nitrogen functional groups attached to an aromatic ring is 1. The number of aliphatic hydroxyl groups excluding tert-OH is 1. The van der Waals surface area contributed by atoms with Crippen molar-refractivity contribution in [2.24, 2.45) is 0 Å². The van der Waals surface area contributed by atoms with Crippen molar-refractivity contribution < 1.29 is 22.7 Å². The maximum Gasteiger partial charge on any atom is 0.160 e. The molecule has 0 radical (unpaired) electrons. The topological polar surface area (TPSA) is 87.3 Å². The number of halogens is 4. The zero-order valence-electron chi connectivity index (χ0n) is 18.8. The van der Waals surface area contributed by atoms with Crippen molar-refractivity contribution in [1.82, 2.24) is 9.38 Å². The standard InChI is InChI=1S/C27H20F4N4O/c28-13-6-12(10-32)23-16(8-19(29)25(31)18(23)7-13)14-3-4-15(24-17(14)9-20(30)26(24)36)22-11-34-27-21(33)2-1-5-35(22)27/h1-7,11,16,19-20,25-26,36H,8-9,33H2/t16-,19+,20-,25-,26-/m1/s1. The summed E-state index contributed by atoms with van der Waals surface area (Å²) in [6.45, 7) is 0. The van der Waals surface area contributed by atoms with Gasteiger partial charge >= 0.3 is 0 Å². The van der Waals surface area contributed by atoms with E-state index in [1.165, 1.54) is 0 Å². The third-order valence-corrected chi connectivity index (χ3v) is 7.37. The number of aliphatic hydroxyl groups is 1. The van der Waals surface area contributed by atoms with Gasteiger partial charge in [0, 0.05) is 24.1 Å². The van der Waals surface area contributed by atoms with E-state index in [-0.39, 0.29) is 29.5 Å². The summed E-state index contributed by atoms with van der Waals surface area (Å²) in [7, 11) is 0. The molecule has 0 saturated carbocycles. The minimum Gasteiger partial charge on any atom is -0.396 e. The minimum atomic E-state index is -2.07. The third-order valence-electron chi connectivity index (χ3n) is 7.37. The molecule has 0 aliphatic heterocycles. The molecule has 0 amide bonds. The summed E-state index contributed by atoms with van der Waals surface area (Å²) in [5.41, 5.74) is 9.31. The third kappa shape index (κ3) is 3.14. The summed E-state index contributed by atoms with van der Waals surface area (Å²) in [6, 6.07) is 10.6. The Labute approximate surface area is 203 Å². The highest BCUT2D eigenvalue weighted by Gasteiger charge is 2.42. The molecule has 4 aromatic rings. The summed E-state index contributed by atoms with van der Waals surface area (Å²) in [6.07, 6.45) is -4.15. The van der Waals surface area contributed by atoms with Crippen LogP contribution in [0, 0.1) is 17.1 Å². The highest BCUT2D eigenvalue weighted by Crippen LogP contribution is 2.50. The molecule has 2 aliphatic carbocycles. The largest absolute Gasteiger partial charge is 0.396 e. The minimum absolute atomic E-state index is 0.0880. The Morgan fingerprint density at radius 3 is 2.67 bits per heavy atom. The lowest BCUT2D eigenvalue weighted by atomic mass is 9.73. The second-order valence-electron chi connectivity index (χ2n) is 9.33. The lowest BCUT2D eigenvalue weighted by molar-refractivity contribution is 0.0929. The van der Waals surface area contributed by atoms with Crippen molar-refractivity contribution in [1.29, 1.82) is 5.26 Å². The number of nitrogens with zero attached hydrogens (tertiary/aromatic N) is 3. The van der Waals surface area contributed by atoms with Crippen LogP contribution in [-0.2, 0) is 6.42 Å². The molecule has 0 unspecified atom stereocenters. The molecule has 2 aliphatic rings. The number of anilines is 1. The van der Waals surface area contributed by atoms with Gasteiger partial charge in [-0.1, -0.05) is 12.1 Å². The van der Waals surface area contributed by atoms with Crippen molar-refractivity contribution in [3.8, 4) is 17.3 Å². The average molecular weight is 492 g/mol. The number of nitriles is 1. The van der Waals surface area contributed by atoms with Gasteiger partial charge in [0.25, 0.3) is 0 Å². The number of alkyl halides is 3. The molecule has 0 bridgehead atoms. The second kappa shape index (κ2) is 8.07. The van der Waals surface area contributed by atoms with Crippen LogP contribution in [-0.4, -0.2) is 26.8 Å². The van der Waals surface area contributed by atoms with Crippen LogP contribution >= 0.6 is 0 Å². The molecule has 3 N–H and O–H groups in total. The van der Waals surface area contributed by atoms with Crippen molar-refractivity contribution in [3.63, 3.8) is 0 Å². The van der Waals surface area contributed by atoms with Crippen molar-refractivity contribution in [3.05, 3.63) is 88.0 Å². The quantitative estimate of drug-likeness (QED) is 0.367. The lowest BCUT2D eigenvalue weighted by Gasteiger charge is -2.33. The molecule has 2 aromatic carbocycles. The molecule has 0 fully saturated rings. The number of fused-ring (bicyclic) bond motifs is 3. The van der Waals surface area contributed by atoms with E-state index in [0.29, 0.717) is 39.3 Å². The summed E-state index contributed by atoms with van der Waals surface area (Å²) in [5, 5.41) is 20.5. The first kappa shape index (κ1) is 22.6. The van der Waals surface area contributed by atoms with E-state index in [2.05, 4.69) is 4.98 Å². The number of hydrogen-bond donors (Lipinski definition) is 2. The van der Waals surface area contributed by atoms with Crippen molar-refractivity contribution in [2.75, 3.05) is 5.73 Å². The number of aromatic nitrogens is 2. The Kier molecular flexibility index (Phi) is 5.05. The van der Waals surface area contributed by atoms with Gasteiger partial charge in [0.15, 0.2) is 11.8 Å². The molecule has 6 rings (SSSR count). The van der Waals surface area contributed by atoms with Crippen molar-refractivity contribution in [2.45, 2.75) is 43.4 Å². The number of imidazole rings is 1. The maximum atomic E-state index is 15.0. The fourth-order valence-electron chi connectivity index (χ4n) is 5.80. The van der Waals surface area contributed by atoms with Gasteiger partial charge in [-0.25, -0.2) is 22.5 Å². The first-order valence-electron chi connectivity index (χ1n) is 11.5. The zero-order valence-corrected chi connectivity index (χ0v) is 18.8. The lowest BCUT2D eigenvalue weighted by Crippen LogP contribution is -2.25. The van der Waals surface area contributed by atoms with Crippen LogP contribution in [0.2, 0.25) is 0 Å². The Balaban J connectivity index is 1.59. The van der Waals surface area contributed by atoms with Crippen LogP contribution in [0.25, 0.3) is 16.9 Å². The van der Waals surface area contributed by atoms with Gasteiger partial charge in [-0.05, 0) is 58.5 Å². The van der Waals surface area contributed by atoms with E-state index < -0.39 is 36.4 Å². The van der Waals surface area contributed by atoms with E-state index in [0.717, 1.165) is 12.1 Å². The van der Waals surface area contributed by atoms with Crippen LogP contribution < -0.4 is 5.73 Å². The van der Waals surface area contributed by atoms with Gasteiger partial charge in [-0.2, -0.15) is 5.26 Å². The second-order valence-corrected chi connectivity index (χ2v) is 9.33. The maximum absolute atomic E-state index is 15.0. The van der Waals surface area contributed by atoms with Gasteiger partial charge in [-0.15, -0.1) is 0 Å². The molecule has 0 saturated heterocycles. The molecule has 182 valence electrons. The van der Waals surface area contributed by atoms with E-state index in [4.69, 9.17) is 5.73 Å². The van der Waals surface area contributed by atoms with Crippen LogP contribution in [0.1, 0.15) is 58.0 Å². The van der Waals surface area contributed by atoms with Gasteiger partial charge in [-0.3, -0.25) is 4.40 Å². The first-order chi connectivity index (χ1) is 17.3.